The van der Waals surface area contributed by atoms with Crippen molar-refractivity contribution in [3.05, 3.63) is 108 Å². The molecule has 0 unspecified atom stereocenters. The molecule has 3 amide bonds. The largest absolute Gasteiger partial charge is 0.388 e. The van der Waals surface area contributed by atoms with Crippen molar-refractivity contribution in [2.45, 2.75) is 30.6 Å². The van der Waals surface area contributed by atoms with Crippen molar-refractivity contribution in [3.63, 3.8) is 0 Å². The molecule has 5 atom stereocenters. The van der Waals surface area contributed by atoms with Gasteiger partial charge in [0.2, 0.25) is 0 Å². The van der Waals surface area contributed by atoms with Crippen LogP contribution >= 0.6 is 0 Å². The van der Waals surface area contributed by atoms with E-state index in [1.165, 1.54) is 7.11 Å². The van der Waals surface area contributed by atoms with E-state index in [2.05, 4.69) is 16.0 Å². The molecular weight excluding hydrogens is 474 g/mol. The highest BCUT2D eigenvalue weighted by Gasteiger charge is 2.47. The molecule has 3 aromatic rings. The van der Waals surface area contributed by atoms with Crippen molar-refractivity contribution in [2.24, 2.45) is 0 Å². The highest BCUT2D eigenvalue weighted by Crippen LogP contribution is 2.23. The van der Waals surface area contributed by atoms with Gasteiger partial charge in [-0.05, 0) is 36.4 Å². The summed E-state index contributed by atoms with van der Waals surface area (Å²) in [7, 11) is 1.40. The summed E-state index contributed by atoms with van der Waals surface area (Å²) in [4.78, 5) is 38.5. The number of carbonyl (C=O) groups excluding carboxylic acids is 3. The number of hydrogen-bond donors (Lipinski definition) is 4. The average Bonchev–Trinajstić information content (AvgIpc) is 2.95. The van der Waals surface area contributed by atoms with Gasteiger partial charge in [0.25, 0.3) is 17.7 Å². The summed E-state index contributed by atoms with van der Waals surface area (Å²) in [6, 6.07) is 23.8. The van der Waals surface area contributed by atoms with E-state index in [0.717, 1.165) is 0 Å². The molecule has 1 aliphatic rings. The van der Waals surface area contributed by atoms with Crippen LogP contribution in [0.15, 0.2) is 91.0 Å². The maximum Gasteiger partial charge on any atom is 0.251 e. The van der Waals surface area contributed by atoms with Crippen molar-refractivity contribution in [1.29, 1.82) is 0 Å². The Bertz CT molecular complexity index is 1190. The van der Waals surface area contributed by atoms with Crippen LogP contribution < -0.4 is 16.0 Å². The van der Waals surface area contributed by atoms with Crippen LogP contribution in [0.4, 0.5) is 0 Å². The van der Waals surface area contributed by atoms with Crippen molar-refractivity contribution in [3.8, 4) is 0 Å². The van der Waals surface area contributed by atoms with Gasteiger partial charge in [-0.15, -0.1) is 0 Å². The Hall–Kier alpha value is -4.05. The highest BCUT2D eigenvalue weighted by atomic mass is 16.7. The van der Waals surface area contributed by atoms with Crippen LogP contribution in [0.1, 0.15) is 31.1 Å². The Labute approximate surface area is 214 Å². The Morgan fingerprint density at radius 1 is 0.730 bits per heavy atom. The summed E-state index contributed by atoms with van der Waals surface area (Å²) >= 11 is 0. The fourth-order valence-electron chi connectivity index (χ4n) is 4.19. The summed E-state index contributed by atoms with van der Waals surface area (Å²) in [5, 5.41) is 19.7. The Morgan fingerprint density at radius 3 is 1.62 bits per heavy atom. The summed E-state index contributed by atoms with van der Waals surface area (Å²) in [6.07, 6.45) is -3.23. The Kier molecular flexibility index (Phi) is 8.63. The number of aliphatic hydroxyl groups excluding tert-OH is 1. The van der Waals surface area contributed by atoms with Crippen molar-refractivity contribution < 1.29 is 29.0 Å². The zero-order valence-electron chi connectivity index (χ0n) is 20.2. The second kappa shape index (κ2) is 12.3. The molecule has 1 aliphatic heterocycles. The van der Waals surface area contributed by atoms with E-state index in [0.29, 0.717) is 16.7 Å². The topological polar surface area (TPSA) is 126 Å². The van der Waals surface area contributed by atoms with Gasteiger partial charge >= 0.3 is 0 Å². The van der Waals surface area contributed by atoms with Gasteiger partial charge in [-0.1, -0.05) is 54.6 Å². The molecule has 0 bridgehead atoms. The van der Waals surface area contributed by atoms with Gasteiger partial charge in [0.15, 0.2) is 6.29 Å². The first-order valence-corrected chi connectivity index (χ1v) is 11.9. The summed E-state index contributed by atoms with van der Waals surface area (Å²) < 4.78 is 11.5. The molecule has 9 nitrogen and oxygen atoms in total. The van der Waals surface area contributed by atoms with Crippen LogP contribution in [0.5, 0.6) is 0 Å². The normalized spacial score (nSPS) is 23.0. The van der Waals surface area contributed by atoms with E-state index < -0.39 is 42.4 Å². The first-order valence-electron chi connectivity index (χ1n) is 11.9. The van der Waals surface area contributed by atoms with Crippen LogP contribution in [-0.2, 0) is 9.47 Å². The zero-order valence-corrected chi connectivity index (χ0v) is 20.2. The first kappa shape index (κ1) is 26.0. The SMILES string of the molecule is CO[C@@H]1O[C@H](CNC(=O)c2ccccc2)[C@@H](O)[C@@H](NC(=O)c2ccccc2)[C@H]1NC(=O)c1ccccc1. The van der Waals surface area contributed by atoms with Gasteiger partial charge < -0.3 is 30.5 Å². The van der Waals surface area contributed by atoms with Gasteiger partial charge in [0.05, 0.1) is 6.04 Å². The number of methoxy groups -OCH3 is 1. The molecule has 4 N–H and O–H groups in total. The molecule has 0 radical (unpaired) electrons. The molecule has 9 heteroatoms. The third-order valence-electron chi connectivity index (χ3n) is 6.14. The van der Waals surface area contributed by atoms with E-state index >= 15 is 0 Å². The van der Waals surface area contributed by atoms with Crippen LogP contribution in [-0.4, -0.2) is 67.1 Å². The number of rotatable bonds is 8. The lowest BCUT2D eigenvalue weighted by atomic mass is 9.92. The second-order valence-corrected chi connectivity index (χ2v) is 8.58. The predicted octanol–water partition coefficient (Wildman–Crippen LogP) is 1.75. The fourth-order valence-corrected chi connectivity index (χ4v) is 4.19. The van der Waals surface area contributed by atoms with Gasteiger partial charge in [0, 0.05) is 30.3 Å². The van der Waals surface area contributed by atoms with Gasteiger partial charge in [-0.2, -0.15) is 0 Å². The number of benzene rings is 3. The number of carbonyl (C=O) groups is 3. The van der Waals surface area contributed by atoms with E-state index in [1.54, 1.807) is 91.0 Å². The average molecular weight is 504 g/mol. The first-order chi connectivity index (χ1) is 18.0. The monoisotopic (exact) mass is 503 g/mol. The number of aliphatic hydroxyl groups is 1. The second-order valence-electron chi connectivity index (χ2n) is 8.58. The molecule has 4 rings (SSSR count). The minimum Gasteiger partial charge on any atom is -0.388 e. The molecule has 3 aromatic carbocycles. The molecule has 1 heterocycles. The zero-order chi connectivity index (χ0) is 26.2. The minimum absolute atomic E-state index is 0.0498. The van der Waals surface area contributed by atoms with Crippen LogP contribution in [0.3, 0.4) is 0 Å². The lowest BCUT2D eigenvalue weighted by Gasteiger charge is -2.44. The lowest BCUT2D eigenvalue weighted by Crippen LogP contribution is -2.70. The Morgan fingerprint density at radius 2 is 1.16 bits per heavy atom. The third-order valence-corrected chi connectivity index (χ3v) is 6.14. The molecule has 37 heavy (non-hydrogen) atoms. The number of hydrogen-bond acceptors (Lipinski definition) is 6. The maximum absolute atomic E-state index is 13.0. The van der Waals surface area contributed by atoms with Gasteiger partial charge in [0.1, 0.15) is 18.2 Å². The van der Waals surface area contributed by atoms with Gasteiger partial charge in [-0.3, -0.25) is 14.4 Å². The number of nitrogens with one attached hydrogen (secondary N) is 3. The third kappa shape index (κ3) is 6.39. The maximum atomic E-state index is 13.0. The van der Waals surface area contributed by atoms with Crippen molar-refractivity contribution >= 4 is 17.7 Å². The minimum atomic E-state index is -1.28. The molecular formula is C28H29N3O6. The Balaban J connectivity index is 1.55. The molecule has 1 saturated heterocycles. The smallest absolute Gasteiger partial charge is 0.251 e. The summed E-state index contributed by atoms with van der Waals surface area (Å²) in [5.41, 5.74) is 1.24. The molecule has 0 aliphatic carbocycles. The van der Waals surface area contributed by atoms with Crippen LogP contribution in [0, 0.1) is 0 Å². The van der Waals surface area contributed by atoms with Crippen LogP contribution in [0.2, 0.25) is 0 Å². The molecule has 1 fully saturated rings. The number of amides is 3. The lowest BCUT2D eigenvalue weighted by molar-refractivity contribution is -0.229. The van der Waals surface area contributed by atoms with Crippen LogP contribution in [0.25, 0.3) is 0 Å². The summed E-state index contributed by atoms with van der Waals surface area (Å²) in [6.45, 7) is -0.0498. The molecule has 0 saturated carbocycles. The summed E-state index contributed by atoms with van der Waals surface area (Å²) in [5.74, 6) is -1.19. The van der Waals surface area contributed by atoms with Crippen molar-refractivity contribution in [1.82, 2.24) is 16.0 Å². The fraction of sp³-hybridized carbons (Fsp3) is 0.250. The molecule has 0 spiro atoms. The quantitative estimate of drug-likeness (QED) is 0.371. The number of ether oxygens (including phenoxy) is 2. The standard InChI is InChI=1S/C28H29N3O6/c1-36-28-23(31-27(35)20-15-9-4-10-16-20)22(30-26(34)19-13-7-3-8-14-19)24(32)21(37-28)17-29-25(33)18-11-5-2-6-12-18/h2-16,21-24,28,32H,17H2,1H3,(H,29,33)(H,30,34)(H,31,35)/t21-,22+,23-,24-,28-/m1/s1. The van der Waals surface area contributed by atoms with E-state index in [-0.39, 0.29) is 12.5 Å². The van der Waals surface area contributed by atoms with Gasteiger partial charge in [-0.25, -0.2) is 0 Å². The van der Waals surface area contributed by atoms with E-state index in [9.17, 15) is 19.5 Å². The molecule has 192 valence electrons. The van der Waals surface area contributed by atoms with Crippen molar-refractivity contribution in [2.75, 3.05) is 13.7 Å². The molecule has 0 aromatic heterocycles. The highest BCUT2D eigenvalue weighted by molar-refractivity contribution is 5.96. The predicted molar refractivity (Wildman–Crippen MR) is 136 cm³/mol. The van der Waals surface area contributed by atoms with E-state index in [1.807, 2.05) is 0 Å². The van der Waals surface area contributed by atoms with E-state index in [4.69, 9.17) is 9.47 Å².